The molecule has 0 fully saturated rings. The van der Waals surface area contributed by atoms with E-state index < -0.39 is 0 Å². The standard InChI is InChI=1S/C17H32N2S/c1-13(2)10-14(19(6)7)11-18-12-15-8-9-16(20-15)17(3,4)5/h8-9,13-14,18H,10-12H2,1-7H3. The van der Waals surface area contributed by atoms with Gasteiger partial charge in [-0.2, -0.15) is 0 Å². The summed E-state index contributed by atoms with van der Waals surface area (Å²) < 4.78 is 0. The van der Waals surface area contributed by atoms with Crippen molar-refractivity contribution >= 4 is 11.3 Å². The van der Waals surface area contributed by atoms with Gasteiger partial charge in [-0.3, -0.25) is 0 Å². The normalized spacial score (nSPS) is 14.2. The van der Waals surface area contributed by atoms with E-state index in [1.54, 1.807) is 0 Å². The van der Waals surface area contributed by atoms with Crippen LogP contribution < -0.4 is 5.32 Å². The zero-order chi connectivity index (χ0) is 15.3. The molecule has 1 atom stereocenters. The van der Waals surface area contributed by atoms with Crippen molar-refractivity contribution in [1.29, 1.82) is 0 Å². The Hall–Kier alpha value is -0.380. The van der Waals surface area contributed by atoms with Crippen LogP contribution in [0.3, 0.4) is 0 Å². The molecule has 0 saturated heterocycles. The first-order valence-corrected chi connectivity index (χ1v) is 8.48. The van der Waals surface area contributed by atoms with Crippen molar-refractivity contribution in [3.05, 3.63) is 21.9 Å². The minimum absolute atomic E-state index is 0.271. The molecular weight excluding hydrogens is 264 g/mol. The summed E-state index contributed by atoms with van der Waals surface area (Å²) in [5.74, 6) is 0.749. The molecule has 2 nitrogen and oxygen atoms in total. The van der Waals surface area contributed by atoms with Crippen LogP contribution in [0.4, 0.5) is 0 Å². The Morgan fingerprint density at radius 2 is 1.85 bits per heavy atom. The molecule has 1 aromatic heterocycles. The van der Waals surface area contributed by atoms with Crippen LogP contribution >= 0.6 is 11.3 Å². The summed E-state index contributed by atoms with van der Waals surface area (Å²) in [7, 11) is 4.36. The molecule has 0 aromatic carbocycles. The van der Waals surface area contributed by atoms with Gasteiger partial charge in [0.15, 0.2) is 0 Å². The molecule has 3 heteroatoms. The lowest BCUT2D eigenvalue weighted by Gasteiger charge is -2.26. The van der Waals surface area contributed by atoms with Crippen LogP contribution in [0.5, 0.6) is 0 Å². The highest BCUT2D eigenvalue weighted by molar-refractivity contribution is 7.12. The van der Waals surface area contributed by atoms with Crippen LogP contribution in [0.25, 0.3) is 0 Å². The third-order valence-electron chi connectivity index (χ3n) is 3.55. The fourth-order valence-corrected chi connectivity index (χ4v) is 3.29. The van der Waals surface area contributed by atoms with Crippen molar-refractivity contribution < 1.29 is 0 Å². The Kier molecular flexibility index (Phi) is 6.70. The maximum absolute atomic E-state index is 3.62. The fraction of sp³-hybridized carbons (Fsp3) is 0.765. The molecule has 1 heterocycles. The van der Waals surface area contributed by atoms with Crippen LogP contribution in [0.1, 0.15) is 50.8 Å². The monoisotopic (exact) mass is 296 g/mol. The average Bonchev–Trinajstić information content (AvgIpc) is 2.75. The predicted molar refractivity (Wildman–Crippen MR) is 91.7 cm³/mol. The fourth-order valence-electron chi connectivity index (χ4n) is 2.26. The second-order valence-electron chi connectivity index (χ2n) is 7.39. The quantitative estimate of drug-likeness (QED) is 0.814. The van der Waals surface area contributed by atoms with E-state index in [9.17, 15) is 0 Å². The van der Waals surface area contributed by atoms with Crippen molar-refractivity contribution in [1.82, 2.24) is 10.2 Å². The summed E-state index contributed by atoms with van der Waals surface area (Å²) in [6.45, 7) is 13.5. The minimum atomic E-state index is 0.271. The number of rotatable bonds is 7. The van der Waals surface area contributed by atoms with Crippen molar-refractivity contribution in [3.8, 4) is 0 Å². The van der Waals surface area contributed by atoms with Crippen LogP contribution in [0, 0.1) is 5.92 Å². The molecule has 1 rings (SSSR count). The van der Waals surface area contributed by atoms with E-state index in [2.05, 4.69) is 71.1 Å². The predicted octanol–water partition coefficient (Wildman–Crippen LogP) is 4.11. The lowest BCUT2D eigenvalue weighted by Crippen LogP contribution is -2.38. The number of nitrogens with one attached hydrogen (secondary N) is 1. The highest BCUT2D eigenvalue weighted by Gasteiger charge is 2.16. The first-order valence-electron chi connectivity index (χ1n) is 7.66. The zero-order valence-electron chi connectivity index (χ0n) is 14.3. The van der Waals surface area contributed by atoms with Gasteiger partial charge in [0.2, 0.25) is 0 Å². The highest BCUT2D eigenvalue weighted by atomic mass is 32.1. The second-order valence-corrected chi connectivity index (χ2v) is 8.56. The molecule has 116 valence electrons. The van der Waals surface area contributed by atoms with Gasteiger partial charge in [0.25, 0.3) is 0 Å². The van der Waals surface area contributed by atoms with Crippen LogP contribution in [-0.2, 0) is 12.0 Å². The first kappa shape index (κ1) is 17.7. The minimum Gasteiger partial charge on any atom is -0.310 e. The number of hydrogen-bond acceptors (Lipinski definition) is 3. The average molecular weight is 297 g/mol. The Morgan fingerprint density at radius 1 is 1.20 bits per heavy atom. The van der Waals surface area contributed by atoms with Crippen molar-refractivity contribution in [2.75, 3.05) is 20.6 Å². The second kappa shape index (κ2) is 7.58. The molecule has 0 saturated carbocycles. The van der Waals surface area contributed by atoms with Gasteiger partial charge in [0.05, 0.1) is 0 Å². The first-order chi connectivity index (χ1) is 9.20. The van der Waals surface area contributed by atoms with E-state index in [1.165, 1.54) is 16.2 Å². The van der Waals surface area contributed by atoms with E-state index in [-0.39, 0.29) is 5.41 Å². The summed E-state index contributed by atoms with van der Waals surface area (Å²) in [5.41, 5.74) is 0.271. The summed E-state index contributed by atoms with van der Waals surface area (Å²) >= 11 is 1.94. The summed E-state index contributed by atoms with van der Waals surface area (Å²) in [5, 5.41) is 3.62. The van der Waals surface area contributed by atoms with Gasteiger partial charge in [-0.25, -0.2) is 0 Å². The SMILES string of the molecule is CC(C)CC(CNCc1ccc(C(C)(C)C)s1)N(C)C. The molecule has 0 aliphatic heterocycles. The van der Waals surface area contributed by atoms with Crippen molar-refractivity contribution in [3.63, 3.8) is 0 Å². The molecule has 0 aliphatic rings. The van der Waals surface area contributed by atoms with Gasteiger partial charge < -0.3 is 10.2 Å². The molecular formula is C17H32N2S. The van der Waals surface area contributed by atoms with E-state index in [0.717, 1.165) is 19.0 Å². The molecule has 0 radical (unpaired) electrons. The van der Waals surface area contributed by atoms with Gasteiger partial charge in [-0.05, 0) is 44.0 Å². The molecule has 0 aliphatic carbocycles. The Morgan fingerprint density at radius 3 is 2.30 bits per heavy atom. The number of nitrogens with zero attached hydrogens (tertiary/aromatic N) is 1. The molecule has 1 unspecified atom stereocenters. The molecule has 0 bridgehead atoms. The van der Waals surface area contributed by atoms with Gasteiger partial charge in [0, 0.05) is 28.9 Å². The highest BCUT2D eigenvalue weighted by Crippen LogP contribution is 2.29. The molecule has 20 heavy (non-hydrogen) atoms. The maximum Gasteiger partial charge on any atom is 0.0300 e. The Labute approximate surface area is 129 Å². The lowest BCUT2D eigenvalue weighted by atomic mass is 9.95. The maximum atomic E-state index is 3.62. The zero-order valence-corrected chi connectivity index (χ0v) is 15.1. The molecule has 1 N–H and O–H groups in total. The van der Waals surface area contributed by atoms with E-state index in [4.69, 9.17) is 0 Å². The largest absolute Gasteiger partial charge is 0.310 e. The van der Waals surface area contributed by atoms with Crippen LogP contribution in [0.15, 0.2) is 12.1 Å². The smallest absolute Gasteiger partial charge is 0.0300 e. The summed E-state index contributed by atoms with van der Waals surface area (Å²) in [4.78, 5) is 5.25. The summed E-state index contributed by atoms with van der Waals surface area (Å²) in [6, 6.07) is 5.17. The third kappa shape index (κ3) is 5.94. The van der Waals surface area contributed by atoms with E-state index >= 15 is 0 Å². The number of likely N-dealkylation sites (N-methyl/N-ethyl adjacent to an activating group) is 1. The van der Waals surface area contributed by atoms with E-state index in [0.29, 0.717) is 6.04 Å². The van der Waals surface area contributed by atoms with Crippen molar-refractivity contribution in [2.24, 2.45) is 5.92 Å². The van der Waals surface area contributed by atoms with Crippen LogP contribution in [-0.4, -0.2) is 31.6 Å². The van der Waals surface area contributed by atoms with Gasteiger partial charge in [-0.1, -0.05) is 34.6 Å². The Bertz CT molecular complexity index is 388. The van der Waals surface area contributed by atoms with Gasteiger partial charge in [-0.15, -0.1) is 11.3 Å². The van der Waals surface area contributed by atoms with Crippen molar-refractivity contribution in [2.45, 2.75) is 59.0 Å². The van der Waals surface area contributed by atoms with Gasteiger partial charge in [0.1, 0.15) is 0 Å². The number of thiophene rings is 1. The van der Waals surface area contributed by atoms with E-state index in [1.807, 2.05) is 11.3 Å². The topological polar surface area (TPSA) is 15.3 Å². The van der Waals surface area contributed by atoms with Gasteiger partial charge >= 0.3 is 0 Å². The molecule has 1 aromatic rings. The van der Waals surface area contributed by atoms with Crippen LogP contribution in [0.2, 0.25) is 0 Å². The third-order valence-corrected chi connectivity index (χ3v) is 5.06. The molecule has 0 amide bonds. The number of hydrogen-bond donors (Lipinski definition) is 1. The molecule has 0 spiro atoms. The summed E-state index contributed by atoms with van der Waals surface area (Å²) in [6.07, 6.45) is 1.25. The lowest BCUT2D eigenvalue weighted by molar-refractivity contribution is 0.247. The Balaban J connectivity index is 2.45.